The van der Waals surface area contributed by atoms with Crippen LogP contribution >= 0.6 is 0 Å². The molecule has 0 unspecified atom stereocenters. The highest BCUT2D eigenvalue weighted by Crippen LogP contribution is 2.28. The topological polar surface area (TPSA) is 55.9 Å². The molecule has 1 aromatic heterocycles. The molecule has 96 valence electrons. The van der Waals surface area contributed by atoms with Crippen molar-refractivity contribution in [1.29, 1.82) is 0 Å². The highest BCUT2D eigenvalue weighted by Gasteiger charge is 2.16. The van der Waals surface area contributed by atoms with Crippen LogP contribution in [-0.4, -0.2) is 9.78 Å². The third-order valence-electron chi connectivity index (χ3n) is 2.56. The van der Waals surface area contributed by atoms with Crippen LogP contribution in [0.1, 0.15) is 5.69 Å². The first-order chi connectivity index (χ1) is 8.41. The van der Waals surface area contributed by atoms with Crippen molar-refractivity contribution in [2.45, 2.75) is 6.92 Å². The van der Waals surface area contributed by atoms with Gasteiger partial charge >= 0.3 is 0 Å². The van der Waals surface area contributed by atoms with E-state index in [2.05, 4.69) is 10.4 Å². The fraction of sp³-hybridized carbons (Fsp3) is 0.182. The summed E-state index contributed by atoms with van der Waals surface area (Å²) in [4.78, 5) is 0. The fourth-order valence-corrected chi connectivity index (χ4v) is 1.57. The van der Waals surface area contributed by atoms with Crippen LogP contribution in [0.4, 0.5) is 30.4 Å². The number of hydrogen-bond donors (Lipinski definition) is 2. The fourth-order valence-electron chi connectivity index (χ4n) is 1.57. The summed E-state index contributed by atoms with van der Waals surface area (Å²) in [7, 11) is 1.60. The lowest BCUT2D eigenvalue weighted by atomic mass is 10.2. The second-order valence-corrected chi connectivity index (χ2v) is 3.82. The van der Waals surface area contributed by atoms with E-state index < -0.39 is 17.5 Å². The molecule has 4 nitrogen and oxygen atoms in total. The lowest BCUT2D eigenvalue weighted by Gasteiger charge is -2.09. The number of nitrogens with two attached hydrogens (primary N) is 1. The Morgan fingerprint density at radius 1 is 1.22 bits per heavy atom. The van der Waals surface area contributed by atoms with E-state index in [1.165, 1.54) is 4.68 Å². The monoisotopic (exact) mass is 256 g/mol. The zero-order valence-electron chi connectivity index (χ0n) is 9.76. The van der Waals surface area contributed by atoms with Crippen LogP contribution in [0.25, 0.3) is 0 Å². The standard InChI is InChI=1S/C11H11F3N4/c1-5-10(15)11(18(2)17-5)16-7-4-3-6(12)8(13)9(7)14/h3-4,16H,15H2,1-2H3. The lowest BCUT2D eigenvalue weighted by molar-refractivity contribution is 0.449. The van der Waals surface area contributed by atoms with Gasteiger partial charge < -0.3 is 11.1 Å². The molecule has 0 fully saturated rings. The Bertz CT molecular complexity index is 607. The third-order valence-corrected chi connectivity index (χ3v) is 2.56. The van der Waals surface area contributed by atoms with Gasteiger partial charge in [0.25, 0.3) is 0 Å². The average molecular weight is 256 g/mol. The summed E-state index contributed by atoms with van der Waals surface area (Å²) in [5.41, 5.74) is 6.41. The van der Waals surface area contributed by atoms with E-state index in [0.29, 0.717) is 17.2 Å². The minimum Gasteiger partial charge on any atom is -0.394 e. The summed E-state index contributed by atoms with van der Waals surface area (Å²) in [6, 6.07) is 1.93. The van der Waals surface area contributed by atoms with Gasteiger partial charge in [0, 0.05) is 7.05 Å². The lowest BCUT2D eigenvalue weighted by Crippen LogP contribution is -2.04. The van der Waals surface area contributed by atoms with Crippen LogP contribution in [0, 0.1) is 24.4 Å². The molecule has 7 heteroatoms. The first kappa shape index (κ1) is 12.3. The van der Waals surface area contributed by atoms with Crippen molar-refractivity contribution >= 4 is 17.2 Å². The van der Waals surface area contributed by atoms with Crippen LogP contribution in [-0.2, 0) is 7.05 Å². The van der Waals surface area contributed by atoms with Crippen LogP contribution in [0.5, 0.6) is 0 Å². The molecule has 0 aliphatic carbocycles. The minimum atomic E-state index is -1.53. The molecule has 18 heavy (non-hydrogen) atoms. The van der Waals surface area contributed by atoms with Gasteiger partial charge in [-0.3, -0.25) is 4.68 Å². The Morgan fingerprint density at radius 3 is 2.44 bits per heavy atom. The van der Waals surface area contributed by atoms with E-state index in [1.807, 2.05) is 0 Å². The summed E-state index contributed by atoms with van der Waals surface area (Å²) >= 11 is 0. The van der Waals surface area contributed by atoms with Gasteiger partial charge in [-0.2, -0.15) is 5.10 Å². The largest absolute Gasteiger partial charge is 0.394 e. The van der Waals surface area contributed by atoms with Crippen molar-refractivity contribution in [3.63, 3.8) is 0 Å². The van der Waals surface area contributed by atoms with Gasteiger partial charge in [-0.1, -0.05) is 0 Å². The molecule has 1 heterocycles. The van der Waals surface area contributed by atoms with Gasteiger partial charge in [0.2, 0.25) is 0 Å². The van der Waals surface area contributed by atoms with Gasteiger partial charge in [-0.15, -0.1) is 0 Å². The maximum absolute atomic E-state index is 13.5. The van der Waals surface area contributed by atoms with Crippen LogP contribution in [0.3, 0.4) is 0 Å². The smallest absolute Gasteiger partial charge is 0.196 e. The van der Waals surface area contributed by atoms with Crippen LogP contribution < -0.4 is 11.1 Å². The highest BCUT2D eigenvalue weighted by atomic mass is 19.2. The Morgan fingerprint density at radius 2 is 1.89 bits per heavy atom. The zero-order valence-corrected chi connectivity index (χ0v) is 9.76. The number of rotatable bonds is 2. The predicted molar refractivity (Wildman–Crippen MR) is 62.0 cm³/mol. The molecule has 0 saturated carbocycles. The first-order valence-electron chi connectivity index (χ1n) is 5.11. The zero-order chi connectivity index (χ0) is 13.4. The molecule has 0 radical (unpaired) electrons. The summed E-state index contributed by atoms with van der Waals surface area (Å²) < 4.78 is 40.7. The van der Waals surface area contributed by atoms with Gasteiger partial charge in [0.1, 0.15) is 0 Å². The number of aromatic nitrogens is 2. The molecule has 0 aliphatic rings. The quantitative estimate of drug-likeness (QED) is 0.811. The second kappa shape index (κ2) is 4.25. The van der Waals surface area contributed by atoms with Crippen molar-refractivity contribution in [1.82, 2.24) is 9.78 Å². The number of anilines is 3. The number of halogens is 3. The molecule has 1 aromatic carbocycles. The second-order valence-electron chi connectivity index (χ2n) is 3.82. The Balaban J connectivity index is 2.44. The van der Waals surface area contributed by atoms with Crippen molar-refractivity contribution in [3.05, 3.63) is 35.3 Å². The molecule has 2 aromatic rings. The molecule has 0 spiro atoms. The van der Waals surface area contributed by atoms with Crippen LogP contribution in [0.2, 0.25) is 0 Å². The maximum Gasteiger partial charge on any atom is 0.196 e. The number of nitrogens with one attached hydrogen (secondary N) is 1. The van der Waals surface area contributed by atoms with Crippen LogP contribution in [0.15, 0.2) is 12.1 Å². The first-order valence-corrected chi connectivity index (χ1v) is 5.11. The van der Waals surface area contributed by atoms with Crippen molar-refractivity contribution in [2.24, 2.45) is 7.05 Å². The van der Waals surface area contributed by atoms with Gasteiger partial charge in [-0.05, 0) is 19.1 Å². The summed E-state index contributed by atoms with van der Waals surface area (Å²) in [6.45, 7) is 1.68. The highest BCUT2D eigenvalue weighted by molar-refractivity contribution is 5.71. The predicted octanol–water partition coefficient (Wildman–Crippen LogP) is 2.47. The Kier molecular flexibility index (Phi) is 2.90. The van der Waals surface area contributed by atoms with E-state index in [1.54, 1.807) is 14.0 Å². The molecular formula is C11H11F3N4. The van der Waals surface area contributed by atoms with E-state index in [0.717, 1.165) is 12.1 Å². The summed E-state index contributed by atoms with van der Waals surface area (Å²) in [5, 5.41) is 6.61. The summed E-state index contributed by atoms with van der Waals surface area (Å²) in [5.74, 6) is -3.75. The number of hydrogen-bond acceptors (Lipinski definition) is 3. The van der Waals surface area contributed by atoms with Crippen molar-refractivity contribution < 1.29 is 13.2 Å². The van der Waals surface area contributed by atoms with E-state index >= 15 is 0 Å². The molecule has 0 bridgehead atoms. The molecule has 0 amide bonds. The average Bonchev–Trinajstić information content (AvgIpc) is 2.56. The van der Waals surface area contributed by atoms with Crippen molar-refractivity contribution in [2.75, 3.05) is 11.1 Å². The maximum atomic E-state index is 13.5. The number of benzene rings is 1. The Labute approximate surface area is 101 Å². The number of aryl methyl sites for hydroxylation is 2. The minimum absolute atomic E-state index is 0.205. The summed E-state index contributed by atoms with van der Waals surface area (Å²) in [6.07, 6.45) is 0. The number of nitrogen functional groups attached to an aromatic ring is 1. The number of nitrogens with zero attached hydrogens (tertiary/aromatic N) is 2. The van der Waals surface area contributed by atoms with Gasteiger partial charge in [-0.25, -0.2) is 13.2 Å². The molecular weight excluding hydrogens is 245 g/mol. The van der Waals surface area contributed by atoms with E-state index in [4.69, 9.17) is 5.73 Å². The SMILES string of the molecule is Cc1nn(C)c(Nc2ccc(F)c(F)c2F)c1N. The molecule has 0 atom stereocenters. The molecule has 0 aliphatic heterocycles. The molecule has 2 rings (SSSR count). The molecule has 0 saturated heterocycles. The Hall–Kier alpha value is -2.18. The molecule has 3 N–H and O–H groups in total. The van der Waals surface area contributed by atoms with Gasteiger partial charge in [0.05, 0.1) is 17.1 Å². The normalized spacial score (nSPS) is 10.7. The van der Waals surface area contributed by atoms with E-state index in [-0.39, 0.29) is 5.69 Å². The van der Waals surface area contributed by atoms with Gasteiger partial charge in [0.15, 0.2) is 23.3 Å². The van der Waals surface area contributed by atoms with E-state index in [9.17, 15) is 13.2 Å². The third kappa shape index (κ3) is 1.87. The van der Waals surface area contributed by atoms with Crippen molar-refractivity contribution in [3.8, 4) is 0 Å².